The fraction of sp³-hybridized carbons (Fsp3) is 0.593. The van der Waals surface area contributed by atoms with Gasteiger partial charge in [-0.3, -0.25) is 9.59 Å². The number of amides is 2. The van der Waals surface area contributed by atoms with Crippen molar-refractivity contribution in [3.63, 3.8) is 0 Å². The van der Waals surface area contributed by atoms with Gasteiger partial charge < -0.3 is 25.7 Å². The number of carbonyl (C=O) groups excluding carboxylic acids is 2. The summed E-state index contributed by atoms with van der Waals surface area (Å²) in [4.78, 5) is 40.1. The molecule has 0 bridgehead atoms. The minimum Gasteiger partial charge on any atom is -0.508 e. The van der Waals surface area contributed by atoms with Crippen LogP contribution in [-0.2, 0) is 19.8 Å². The number of nitrogens with one attached hydrogen (secondary N) is 2. The standard InChI is InChI=1S/C27H43N3O5/c1-16(2)20(15-17(3)25(34)35)30(10)24(33)22(26(4,5)6)29-23(32)21(28-9)27(7,8)18-11-13-19(31)14-12-18/h11-16,20-22,28,31H,1-10H3,(H,29,32)(H,34,35)/b17-15+/t20-,21?,22-/m1/s1. The third kappa shape index (κ3) is 7.56. The predicted octanol–water partition coefficient (Wildman–Crippen LogP) is 3.30. The molecule has 0 heterocycles. The van der Waals surface area contributed by atoms with E-state index in [-0.39, 0.29) is 29.1 Å². The first-order valence-electron chi connectivity index (χ1n) is 11.9. The van der Waals surface area contributed by atoms with Crippen molar-refractivity contribution in [2.75, 3.05) is 14.1 Å². The van der Waals surface area contributed by atoms with Gasteiger partial charge in [0.25, 0.3) is 0 Å². The van der Waals surface area contributed by atoms with Crippen LogP contribution in [0, 0.1) is 11.3 Å². The van der Waals surface area contributed by atoms with Crippen molar-refractivity contribution in [2.24, 2.45) is 11.3 Å². The lowest BCUT2D eigenvalue weighted by atomic mass is 9.76. The van der Waals surface area contributed by atoms with Crippen LogP contribution in [0.25, 0.3) is 0 Å². The molecule has 1 rings (SSSR count). The van der Waals surface area contributed by atoms with Crippen molar-refractivity contribution >= 4 is 17.8 Å². The van der Waals surface area contributed by atoms with E-state index in [1.54, 1.807) is 44.4 Å². The summed E-state index contributed by atoms with van der Waals surface area (Å²) < 4.78 is 0. The highest BCUT2D eigenvalue weighted by atomic mass is 16.4. The van der Waals surface area contributed by atoms with Crippen molar-refractivity contribution in [3.05, 3.63) is 41.5 Å². The number of aliphatic carboxylic acids is 1. The van der Waals surface area contributed by atoms with E-state index in [2.05, 4.69) is 10.6 Å². The van der Waals surface area contributed by atoms with Gasteiger partial charge in [0.1, 0.15) is 11.8 Å². The summed E-state index contributed by atoms with van der Waals surface area (Å²) in [7, 11) is 3.33. The average molecular weight is 490 g/mol. The van der Waals surface area contributed by atoms with Gasteiger partial charge in [-0.05, 0) is 43.0 Å². The van der Waals surface area contributed by atoms with Gasteiger partial charge in [0, 0.05) is 18.0 Å². The third-order valence-electron chi connectivity index (χ3n) is 6.52. The van der Waals surface area contributed by atoms with E-state index in [1.165, 1.54) is 11.8 Å². The molecule has 8 nitrogen and oxygen atoms in total. The second-order valence-electron chi connectivity index (χ2n) is 11.1. The van der Waals surface area contributed by atoms with Crippen molar-refractivity contribution in [2.45, 2.75) is 78.9 Å². The Labute approximate surface area is 209 Å². The molecule has 4 N–H and O–H groups in total. The van der Waals surface area contributed by atoms with Crippen LogP contribution in [0.4, 0.5) is 0 Å². The molecule has 35 heavy (non-hydrogen) atoms. The number of likely N-dealkylation sites (N-methyl/N-ethyl adjacent to an activating group) is 2. The van der Waals surface area contributed by atoms with Crippen LogP contribution >= 0.6 is 0 Å². The Hall–Kier alpha value is -2.87. The van der Waals surface area contributed by atoms with Crippen LogP contribution in [0.3, 0.4) is 0 Å². The van der Waals surface area contributed by atoms with E-state index in [0.717, 1.165) is 5.56 Å². The molecule has 8 heteroatoms. The lowest BCUT2D eigenvalue weighted by Gasteiger charge is -2.40. The number of rotatable bonds is 10. The molecule has 0 aromatic heterocycles. The lowest BCUT2D eigenvalue weighted by Crippen LogP contribution is -2.61. The zero-order valence-corrected chi connectivity index (χ0v) is 22.8. The van der Waals surface area contributed by atoms with E-state index < -0.39 is 34.9 Å². The molecule has 2 amide bonds. The van der Waals surface area contributed by atoms with E-state index in [9.17, 15) is 24.6 Å². The minimum atomic E-state index is -1.04. The molecule has 0 aliphatic carbocycles. The molecule has 0 radical (unpaired) electrons. The molecule has 196 valence electrons. The molecule has 1 unspecified atom stereocenters. The minimum absolute atomic E-state index is 0.0342. The Morgan fingerprint density at radius 2 is 1.51 bits per heavy atom. The number of aromatic hydroxyl groups is 1. The summed E-state index contributed by atoms with van der Waals surface area (Å²) in [5.41, 5.74) is -0.235. The molecule has 3 atom stereocenters. The molecule has 0 aliphatic heterocycles. The second-order valence-corrected chi connectivity index (χ2v) is 11.1. The predicted molar refractivity (Wildman–Crippen MR) is 138 cm³/mol. The van der Waals surface area contributed by atoms with Gasteiger partial charge in [0.05, 0.1) is 12.1 Å². The van der Waals surface area contributed by atoms with E-state index in [4.69, 9.17) is 0 Å². The summed E-state index contributed by atoms with van der Waals surface area (Å²) in [6.07, 6.45) is 1.58. The molecule has 0 saturated heterocycles. The van der Waals surface area contributed by atoms with Crippen molar-refractivity contribution in [3.8, 4) is 5.75 Å². The van der Waals surface area contributed by atoms with Gasteiger partial charge in [0.15, 0.2) is 0 Å². The van der Waals surface area contributed by atoms with Crippen LogP contribution in [0.5, 0.6) is 5.75 Å². The number of hydrogen-bond donors (Lipinski definition) is 4. The van der Waals surface area contributed by atoms with Crippen molar-refractivity contribution < 1.29 is 24.6 Å². The monoisotopic (exact) mass is 489 g/mol. The van der Waals surface area contributed by atoms with Crippen LogP contribution in [0.1, 0.15) is 61.0 Å². The Morgan fingerprint density at radius 1 is 1.00 bits per heavy atom. The van der Waals surface area contributed by atoms with Gasteiger partial charge in [-0.25, -0.2) is 4.79 Å². The van der Waals surface area contributed by atoms with Gasteiger partial charge >= 0.3 is 5.97 Å². The molecular formula is C27H43N3O5. The maximum atomic E-state index is 13.7. The van der Waals surface area contributed by atoms with Gasteiger partial charge in [-0.15, -0.1) is 0 Å². The Morgan fingerprint density at radius 3 is 1.91 bits per heavy atom. The Kier molecular flexibility index (Phi) is 10.1. The molecule has 0 spiro atoms. The largest absolute Gasteiger partial charge is 0.508 e. The summed E-state index contributed by atoms with van der Waals surface area (Å²) >= 11 is 0. The number of nitrogens with zero attached hydrogens (tertiary/aromatic N) is 1. The number of benzene rings is 1. The SMILES string of the molecule is CNC(C(=O)N[C@H](C(=O)N(C)[C@H](/C=C(\C)C(=O)O)C(C)C)C(C)(C)C)C(C)(C)c1ccc(O)cc1. The molecule has 1 aromatic rings. The first-order chi connectivity index (χ1) is 15.9. The van der Waals surface area contributed by atoms with Gasteiger partial charge in [-0.1, -0.05) is 66.7 Å². The fourth-order valence-corrected chi connectivity index (χ4v) is 4.18. The third-order valence-corrected chi connectivity index (χ3v) is 6.52. The maximum absolute atomic E-state index is 13.7. The summed E-state index contributed by atoms with van der Waals surface area (Å²) in [6.45, 7) is 14.8. The Bertz CT molecular complexity index is 929. The number of carbonyl (C=O) groups is 3. The average Bonchev–Trinajstić information content (AvgIpc) is 2.74. The molecule has 0 saturated carbocycles. The van der Waals surface area contributed by atoms with E-state index in [0.29, 0.717) is 0 Å². The first kappa shape index (κ1) is 30.2. The Balaban J connectivity index is 3.30. The summed E-state index contributed by atoms with van der Waals surface area (Å²) in [6, 6.07) is 4.76. The molecule has 0 aliphatic rings. The zero-order chi connectivity index (χ0) is 27.3. The number of hydrogen-bond acceptors (Lipinski definition) is 5. The van der Waals surface area contributed by atoms with Crippen LogP contribution < -0.4 is 10.6 Å². The highest BCUT2D eigenvalue weighted by Crippen LogP contribution is 2.30. The smallest absolute Gasteiger partial charge is 0.331 e. The number of carboxylic acids is 1. The first-order valence-corrected chi connectivity index (χ1v) is 11.9. The van der Waals surface area contributed by atoms with Crippen LogP contribution in [0.15, 0.2) is 35.9 Å². The van der Waals surface area contributed by atoms with Crippen LogP contribution in [0.2, 0.25) is 0 Å². The van der Waals surface area contributed by atoms with Gasteiger partial charge in [-0.2, -0.15) is 0 Å². The second kappa shape index (κ2) is 11.7. The van der Waals surface area contributed by atoms with Gasteiger partial charge in [0.2, 0.25) is 11.8 Å². The van der Waals surface area contributed by atoms with Crippen molar-refractivity contribution in [1.82, 2.24) is 15.5 Å². The van der Waals surface area contributed by atoms with E-state index in [1.807, 2.05) is 48.5 Å². The molecule has 0 fully saturated rings. The number of phenolic OH excluding ortho intramolecular Hbond substituents is 1. The van der Waals surface area contributed by atoms with Crippen molar-refractivity contribution in [1.29, 1.82) is 0 Å². The quantitative estimate of drug-likeness (QED) is 0.375. The summed E-state index contributed by atoms with van der Waals surface area (Å²) in [5.74, 6) is -1.55. The van der Waals surface area contributed by atoms with E-state index >= 15 is 0 Å². The van der Waals surface area contributed by atoms with Crippen LogP contribution in [-0.4, -0.2) is 65.1 Å². The highest BCUT2D eigenvalue weighted by molar-refractivity contribution is 5.91. The fourth-order valence-electron chi connectivity index (χ4n) is 4.18. The molecular weight excluding hydrogens is 446 g/mol. The topological polar surface area (TPSA) is 119 Å². The highest BCUT2D eigenvalue weighted by Gasteiger charge is 2.41. The zero-order valence-electron chi connectivity index (χ0n) is 22.8. The number of phenols is 1. The lowest BCUT2D eigenvalue weighted by molar-refractivity contribution is -0.141. The summed E-state index contributed by atoms with van der Waals surface area (Å²) in [5, 5.41) is 25.0. The molecule has 1 aromatic carbocycles. The maximum Gasteiger partial charge on any atom is 0.331 e. The normalized spacial score (nSPS) is 15.3. The number of carboxylic acid groups (broad SMARTS) is 1.